The number of thiol groups is 1. The standard InChI is InChI=1S/C10H10N2S/c1-7(13)6-10-11-8-4-2-3-5-9(8)12-10/h2-5,13H,1,6H2,(H,11,12). The van der Waals surface area contributed by atoms with Gasteiger partial charge in [0, 0.05) is 6.42 Å². The van der Waals surface area contributed by atoms with Crippen LogP contribution in [0.2, 0.25) is 0 Å². The Balaban J connectivity index is 2.44. The number of aromatic nitrogens is 2. The van der Waals surface area contributed by atoms with Gasteiger partial charge in [-0.15, -0.1) is 12.6 Å². The van der Waals surface area contributed by atoms with Crippen LogP contribution in [0.15, 0.2) is 35.7 Å². The summed E-state index contributed by atoms with van der Waals surface area (Å²) in [5.74, 6) is 0.918. The second kappa shape index (κ2) is 3.26. The Labute approximate surface area is 82.1 Å². The number of fused-ring (bicyclic) bond motifs is 1. The van der Waals surface area contributed by atoms with E-state index in [1.54, 1.807) is 0 Å². The van der Waals surface area contributed by atoms with E-state index in [0.29, 0.717) is 6.42 Å². The van der Waals surface area contributed by atoms with Gasteiger partial charge in [0.05, 0.1) is 11.0 Å². The average Bonchev–Trinajstić information content (AvgIpc) is 2.44. The van der Waals surface area contributed by atoms with E-state index in [2.05, 4.69) is 29.2 Å². The van der Waals surface area contributed by atoms with Crippen LogP contribution in [0.1, 0.15) is 5.82 Å². The molecule has 0 saturated heterocycles. The van der Waals surface area contributed by atoms with Crippen LogP contribution in [0.4, 0.5) is 0 Å². The monoisotopic (exact) mass is 190 g/mol. The third-order valence-corrected chi connectivity index (χ3v) is 1.97. The molecule has 2 aromatic rings. The summed E-state index contributed by atoms with van der Waals surface area (Å²) in [6.45, 7) is 3.72. The van der Waals surface area contributed by atoms with Crippen LogP contribution in [0.25, 0.3) is 11.0 Å². The molecule has 0 aliphatic heterocycles. The molecule has 0 aliphatic rings. The van der Waals surface area contributed by atoms with Gasteiger partial charge in [-0.2, -0.15) is 0 Å². The van der Waals surface area contributed by atoms with E-state index >= 15 is 0 Å². The highest BCUT2D eigenvalue weighted by Gasteiger charge is 2.00. The minimum atomic E-state index is 0.692. The van der Waals surface area contributed by atoms with Gasteiger partial charge in [-0.1, -0.05) is 18.7 Å². The lowest BCUT2D eigenvalue weighted by Gasteiger charge is -1.90. The molecule has 13 heavy (non-hydrogen) atoms. The number of allylic oxidation sites excluding steroid dienone is 1. The number of H-pyrrole nitrogens is 1. The van der Waals surface area contributed by atoms with Crippen molar-refractivity contribution in [3.63, 3.8) is 0 Å². The van der Waals surface area contributed by atoms with Crippen LogP contribution in [0.3, 0.4) is 0 Å². The Morgan fingerprint density at radius 3 is 2.92 bits per heavy atom. The smallest absolute Gasteiger partial charge is 0.112 e. The first kappa shape index (κ1) is 8.38. The van der Waals surface area contributed by atoms with Crippen LogP contribution < -0.4 is 0 Å². The van der Waals surface area contributed by atoms with E-state index in [0.717, 1.165) is 21.8 Å². The van der Waals surface area contributed by atoms with E-state index in [1.165, 1.54) is 0 Å². The van der Waals surface area contributed by atoms with Crippen molar-refractivity contribution < 1.29 is 0 Å². The maximum Gasteiger partial charge on any atom is 0.112 e. The maximum atomic E-state index is 4.39. The fourth-order valence-corrected chi connectivity index (χ4v) is 1.43. The number of hydrogen-bond donors (Lipinski definition) is 2. The highest BCUT2D eigenvalue weighted by atomic mass is 32.1. The molecule has 1 heterocycles. The Kier molecular flexibility index (Phi) is 2.10. The molecular weight excluding hydrogens is 180 g/mol. The second-order valence-corrected chi connectivity index (χ2v) is 3.58. The molecule has 1 aromatic carbocycles. The zero-order valence-electron chi connectivity index (χ0n) is 7.12. The number of imidazole rings is 1. The first-order valence-corrected chi connectivity index (χ1v) is 4.51. The fraction of sp³-hybridized carbons (Fsp3) is 0.100. The summed E-state index contributed by atoms with van der Waals surface area (Å²) in [6, 6.07) is 7.95. The van der Waals surface area contributed by atoms with Crippen LogP contribution in [-0.4, -0.2) is 9.97 Å². The molecule has 3 heteroatoms. The molecule has 0 bridgehead atoms. The Hall–Kier alpha value is -1.22. The molecular formula is C10H10N2S. The van der Waals surface area contributed by atoms with Gasteiger partial charge in [-0.3, -0.25) is 0 Å². The van der Waals surface area contributed by atoms with Crippen LogP contribution in [0, 0.1) is 0 Å². The largest absolute Gasteiger partial charge is 0.342 e. The number of rotatable bonds is 2. The molecule has 0 saturated carbocycles. The quantitative estimate of drug-likeness (QED) is 0.700. The highest BCUT2D eigenvalue weighted by molar-refractivity contribution is 7.84. The van der Waals surface area contributed by atoms with Gasteiger partial charge >= 0.3 is 0 Å². The molecule has 2 rings (SSSR count). The Morgan fingerprint density at radius 1 is 1.46 bits per heavy atom. The number of para-hydroxylation sites is 2. The van der Waals surface area contributed by atoms with Crippen molar-refractivity contribution in [3.8, 4) is 0 Å². The van der Waals surface area contributed by atoms with Crippen molar-refractivity contribution in [1.82, 2.24) is 9.97 Å². The van der Waals surface area contributed by atoms with Crippen molar-refractivity contribution in [3.05, 3.63) is 41.6 Å². The molecule has 0 unspecified atom stereocenters. The number of nitrogens with one attached hydrogen (secondary N) is 1. The molecule has 0 fully saturated rings. The number of hydrogen-bond acceptors (Lipinski definition) is 2. The van der Waals surface area contributed by atoms with Gasteiger partial charge in [0.2, 0.25) is 0 Å². The highest BCUT2D eigenvalue weighted by Crippen LogP contribution is 2.13. The van der Waals surface area contributed by atoms with Crippen molar-refractivity contribution in [1.29, 1.82) is 0 Å². The molecule has 0 radical (unpaired) electrons. The van der Waals surface area contributed by atoms with E-state index in [9.17, 15) is 0 Å². The number of aromatic amines is 1. The zero-order chi connectivity index (χ0) is 9.26. The molecule has 0 amide bonds. The summed E-state index contributed by atoms with van der Waals surface area (Å²) >= 11 is 4.14. The summed E-state index contributed by atoms with van der Waals surface area (Å²) in [5.41, 5.74) is 2.05. The van der Waals surface area contributed by atoms with Crippen molar-refractivity contribution in [2.45, 2.75) is 6.42 Å². The third kappa shape index (κ3) is 1.75. The summed E-state index contributed by atoms with van der Waals surface area (Å²) in [6.07, 6.45) is 0.692. The predicted octanol–water partition coefficient (Wildman–Crippen LogP) is 2.55. The second-order valence-electron chi connectivity index (χ2n) is 2.94. The minimum absolute atomic E-state index is 0.692. The summed E-state index contributed by atoms with van der Waals surface area (Å²) in [5, 5.41) is 0. The molecule has 66 valence electrons. The molecule has 1 aromatic heterocycles. The van der Waals surface area contributed by atoms with Gasteiger partial charge in [0.1, 0.15) is 5.82 Å². The van der Waals surface area contributed by atoms with Gasteiger partial charge in [0.15, 0.2) is 0 Å². The molecule has 0 spiro atoms. The fourth-order valence-electron chi connectivity index (χ4n) is 1.28. The van der Waals surface area contributed by atoms with E-state index in [1.807, 2.05) is 24.3 Å². The van der Waals surface area contributed by atoms with Crippen molar-refractivity contribution in [2.24, 2.45) is 0 Å². The Morgan fingerprint density at radius 2 is 2.23 bits per heavy atom. The van der Waals surface area contributed by atoms with Crippen LogP contribution >= 0.6 is 12.6 Å². The number of nitrogens with zero attached hydrogens (tertiary/aromatic N) is 1. The lowest BCUT2D eigenvalue weighted by Crippen LogP contribution is -1.85. The molecule has 0 atom stereocenters. The van der Waals surface area contributed by atoms with Crippen LogP contribution in [-0.2, 0) is 6.42 Å². The first-order valence-electron chi connectivity index (χ1n) is 4.06. The van der Waals surface area contributed by atoms with Crippen molar-refractivity contribution >= 4 is 23.7 Å². The SMILES string of the molecule is C=C(S)Cc1nc2ccccc2[nH]1. The predicted molar refractivity (Wildman–Crippen MR) is 57.9 cm³/mol. The zero-order valence-corrected chi connectivity index (χ0v) is 8.01. The summed E-state index contributed by atoms with van der Waals surface area (Å²) in [4.78, 5) is 8.41. The van der Waals surface area contributed by atoms with E-state index in [-0.39, 0.29) is 0 Å². The van der Waals surface area contributed by atoms with Gasteiger partial charge in [-0.05, 0) is 17.0 Å². The van der Waals surface area contributed by atoms with Gasteiger partial charge < -0.3 is 4.98 Å². The topological polar surface area (TPSA) is 28.7 Å². The first-order chi connectivity index (χ1) is 6.25. The summed E-state index contributed by atoms with van der Waals surface area (Å²) in [7, 11) is 0. The number of benzene rings is 1. The normalized spacial score (nSPS) is 10.5. The third-order valence-electron chi connectivity index (χ3n) is 1.81. The molecule has 0 aliphatic carbocycles. The molecule has 1 N–H and O–H groups in total. The lowest BCUT2D eigenvalue weighted by molar-refractivity contribution is 1.07. The summed E-state index contributed by atoms with van der Waals surface area (Å²) < 4.78 is 0. The van der Waals surface area contributed by atoms with E-state index in [4.69, 9.17) is 0 Å². The average molecular weight is 190 g/mol. The van der Waals surface area contributed by atoms with Gasteiger partial charge in [-0.25, -0.2) is 4.98 Å². The minimum Gasteiger partial charge on any atom is -0.342 e. The molecule has 2 nitrogen and oxygen atoms in total. The lowest BCUT2D eigenvalue weighted by atomic mass is 10.3. The van der Waals surface area contributed by atoms with Crippen molar-refractivity contribution in [2.75, 3.05) is 0 Å². The Bertz CT molecular complexity index is 412. The van der Waals surface area contributed by atoms with E-state index < -0.39 is 0 Å². The maximum absolute atomic E-state index is 4.39. The van der Waals surface area contributed by atoms with Gasteiger partial charge in [0.25, 0.3) is 0 Å². The van der Waals surface area contributed by atoms with Crippen LogP contribution in [0.5, 0.6) is 0 Å².